The van der Waals surface area contributed by atoms with Gasteiger partial charge in [0, 0.05) is 59.5 Å². The van der Waals surface area contributed by atoms with E-state index >= 15 is 0 Å². The molecule has 0 saturated carbocycles. The molecule has 2 aliphatic heterocycles. The Morgan fingerprint density at radius 1 is 0.875 bits per heavy atom. The summed E-state index contributed by atoms with van der Waals surface area (Å²) in [6.45, 7) is 13.6. The maximum absolute atomic E-state index is 13.6. The van der Waals surface area contributed by atoms with Gasteiger partial charge in [-0.25, -0.2) is 0 Å². The summed E-state index contributed by atoms with van der Waals surface area (Å²) in [6.07, 6.45) is 7.96. The van der Waals surface area contributed by atoms with E-state index in [1.807, 2.05) is 19.2 Å². The molecule has 0 fully saturated rings. The van der Waals surface area contributed by atoms with E-state index < -0.39 is 0 Å². The largest absolute Gasteiger partial charge is 0.337 e. The number of amides is 1. The second kappa shape index (κ2) is 8.65. The molecule has 0 unspecified atom stereocenters. The lowest BCUT2D eigenvalue weighted by atomic mass is 9.83. The van der Waals surface area contributed by atoms with E-state index in [0.29, 0.717) is 5.56 Å². The highest BCUT2D eigenvalue weighted by molar-refractivity contribution is 6.36. The second-order valence-electron chi connectivity index (χ2n) is 11.2. The van der Waals surface area contributed by atoms with Crippen molar-refractivity contribution >= 4 is 60.9 Å². The van der Waals surface area contributed by atoms with Gasteiger partial charge in [-0.2, -0.15) is 0 Å². The molecule has 0 radical (unpaired) electrons. The van der Waals surface area contributed by atoms with Gasteiger partial charge in [0.05, 0.1) is 5.70 Å². The van der Waals surface area contributed by atoms with Crippen LogP contribution in [0.15, 0.2) is 95.4 Å². The van der Waals surface area contributed by atoms with Crippen molar-refractivity contribution in [2.24, 2.45) is 4.99 Å². The minimum absolute atomic E-state index is 0.0292. The van der Waals surface area contributed by atoms with Gasteiger partial charge in [-0.05, 0) is 83.1 Å². The first-order chi connectivity index (χ1) is 19.3. The highest BCUT2D eigenvalue weighted by Gasteiger charge is 2.27. The third kappa shape index (κ3) is 3.26. The Hall–Kier alpha value is -4.70. The molecule has 2 heterocycles. The van der Waals surface area contributed by atoms with E-state index in [-0.39, 0.29) is 5.91 Å². The standard InChI is InChI=1S/C36H31N3O/c1-7-8-31(20(2)3)39-19-24-10-12-27-26-11-9-23-17-37-21(4)18-38(6)36(40)30-16-15-29(34(26)32(23)30)28-14-13-25(22(39)5)33(24)35(27)28/h7-18H,5,19H2,1-4,6H3/b8-7-,21-18-,37-17?. The van der Waals surface area contributed by atoms with Crippen LogP contribution in [0.5, 0.6) is 0 Å². The van der Waals surface area contributed by atoms with Crippen LogP contribution in [0.3, 0.4) is 0 Å². The Balaban J connectivity index is 1.58. The summed E-state index contributed by atoms with van der Waals surface area (Å²) in [6, 6.07) is 17.5. The number of carbonyl (C=O) groups is 1. The lowest BCUT2D eigenvalue weighted by Gasteiger charge is -2.35. The summed E-state index contributed by atoms with van der Waals surface area (Å²) in [5.41, 5.74) is 8.41. The van der Waals surface area contributed by atoms with Crippen LogP contribution in [0.1, 0.15) is 54.7 Å². The summed E-state index contributed by atoms with van der Waals surface area (Å²) in [4.78, 5) is 22.2. The van der Waals surface area contributed by atoms with E-state index in [9.17, 15) is 4.79 Å². The number of fused-ring (bicyclic) bond motifs is 2. The first-order valence-electron chi connectivity index (χ1n) is 13.8. The Bertz CT molecular complexity index is 2050. The Labute approximate surface area is 234 Å². The molecule has 0 N–H and O–H groups in total. The minimum atomic E-state index is -0.0292. The van der Waals surface area contributed by atoms with E-state index in [1.54, 1.807) is 18.1 Å². The molecule has 40 heavy (non-hydrogen) atoms. The SMILES string of the molecule is C=C1c2ccc3c4ccc5c6c(ccc(c7ccc(c2c73)CN1C(/C=C\C)=C(C)C)c64)C=N/C(C)=C\N(C)C5=O. The maximum atomic E-state index is 13.6. The zero-order valence-electron chi connectivity index (χ0n) is 23.6. The van der Waals surface area contributed by atoms with E-state index in [2.05, 4.69) is 91.9 Å². The van der Waals surface area contributed by atoms with Gasteiger partial charge in [-0.15, -0.1) is 0 Å². The van der Waals surface area contributed by atoms with Crippen LogP contribution in [0, 0.1) is 0 Å². The molecule has 0 aromatic heterocycles. The predicted octanol–water partition coefficient (Wildman–Crippen LogP) is 8.76. The van der Waals surface area contributed by atoms with Crippen LogP contribution in [-0.2, 0) is 6.54 Å². The number of rotatable bonds is 2. The number of benzene rings is 5. The topological polar surface area (TPSA) is 35.9 Å². The summed E-state index contributed by atoms with van der Waals surface area (Å²) in [7, 11) is 1.80. The summed E-state index contributed by atoms with van der Waals surface area (Å²) < 4.78 is 0. The number of nitrogens with zero attached hydrogens (tertiary/aromatic N) is 3. The van der Waals surface area contributed by atoms with Crippen molar-refractivity contribution in [2.75, 3.05) is 7.05 Å². The number of aliphatic imine (C=N–C) groups is 1. The molecule has 0 saturated heterocycles. The average molecular weight is 522 g/mol. The summed E-state index contributed by atoms with van der Waals surface area (Å²) >= 11 is 0. The molecule has 2 aliphatic rings. The highest BCUT2D eigenvalue weighted by Crippen LogP contribution is 2.47. The summed E-state index contributed by atoms with van der Waals surface area (Å²) in [5.74, 6) is -0.0292. The molecule has 0 aliphatic carbocycles. The van der Waals surface area contributed by atoms with Crippen molar-refractivity contribution in [2.45, 2.75) is 34.2 Å². The van der Waals surface area contributed by atoms with Gasteiger partial charge < -0.3 is 9.80 Å². The highest BCUT2D eigenvalue weighted by atomic mass is 16.2. The minimum Gasteiger partial charge on any atom is -0.337 e. The molecule has 1 amide bonds. The number of hydrogen-bond donors (Lipinski definition) is 0. The van der Waals surface area contributed by atoms with Gasteiger partial charge in [-0.1, -0.05) is 60.7 Å². The number of allylic oxidation sites excluding steroid dienone is 4. The quantitative estimate of drug-likeness (QED) is 0.132. The zero-order valence-corrected chi connectivity index (χ0v) is 23.6. The maximum Gasteiger partial charge on any atom is 0.258 e. The van der Waals surface area contributed by atoms with Crippen LogP contribution >= 0.6 is 0 Å². The van der Waals surface area contributed by atoms with Crippen molar-refractivity contribution in [3.05, 3.63) is 113 Å². The third-order valence-electron chi connectivity index (χ3n) is 8.45. The van der Waals surface area contributed by atoms with Crippen LogP contribution in [0.4, 0.5) is 0 Å². The summed E-state index contributed by atoms with van der Waals surface area (Å²) in [5, 5.41) is 9.37. The van der Waals surface area contributed by atoms with Crippen molar-refractivity contribution in [1.82, 2.24) is 9.80 Å². The molecule has 196 valence electrons. The van der Waals surface area contributed by atoms with Gasteiger partial charge in [0.1, 0.15) is 0 Å². The third-order valence-corrected chi connectivity index (χ3v) is 8.45. The van der Waals surface area contributed by atoms with Crippen molar-refractivity contribution < 1.29 is 4.79 Å². The van der Waals surface area contributed by atoms with Gasteiger partial charge >= 0.3 is 0 Å². The van der Waals surface area contributed by atoms with E-state index in [1.165, 1.54) is 43.9 Å². The molecule has 7 rings (SSSR count). The van der Waals surface area contributed by atoms with Crippen molar-refractivity contribution in [3.63, 3.8) is 0 Å². The molecular formula is C36H31N3O. The Morgan fingerprint density at radius 3 is 2.17 bits per heavy atom. The first-order valence-corrected chi connectivity index (χ1v) is 13.8. The van der Waals surface area contributed by atoms with Gasteiger partial charge in [0.25, 0.3) is 5.91 Å². The monoisotopic (exact) mass is 521 g/mol. The Kier molecular flexibility index (Phi) is 5.27. The molecule has 4 heteroatoms. The van der Waals surface area contributed by atoms with Crippen LogP contribution < -0.4 is 0 Å². The lowest BCUT2D eigenvalue weighted by molar-refractivity contribution is 0.0851. The van der Waals surface area contributed by atoms with E-state index in [0.717, 1.165) is 45.0 Å². The molecule has 0 spiro atoms. The fraction of sp³-hybridized carbons (Fsp3) is 0.167. The zero-order chi connectivity index (χ0) is 27.9. The lowest BCUT2D eigenvalue weighted by Crippen LogP contribution is -2.24. The predicted molar refractivity (Wildman–Crippen MR) is 169 cm³/mol. The van der Waals surface area contributed by atoms with Crippen LogP contribution in [0.2, 0.25) is 0 Å². The van der Waals surface area contributed by atoms with E-state index in [4.69, 9.17) is 0 Å². The van der Waals surface area contributed by atoms with Crippen LogP contribution in [0.25, 0.3) is 48.8 Å². The molecule has 5 aromatic rings. The van der Waals surface area contributed by atoms with Gasteiger partial charge in [-0.3, -0.25) is 9.79 Å². The molecule has 0 atom stereocenters. The van der Waals surface area contributed by atoms with Gasteiger partial charge in [0.15, 0.2) is 0 Å². The molecule has 4 nitrogen and oxygen atoms in total. The smallest absolute Gasteiger partial charge is 0.258 e. The van der Waals surface area contributed by atoms with Crippen LogP contribution in [-0.4, -0.2) is 29.0 Å². The van der Waals surface area contributed by atoms with Gasteiger partial charge in [0.2, 0.25) is 0 Å². The first kappa shape index (κ1) is 24.3. The number of hydrogen-bond acceptors (Lipinski definition) is 3. The normalized spacial score (nSPS) is 16.8. The number of carbonyl (C=O) groups excluding carboxylic acids is 1. The molecule has 0 bridgehead atoms. The second-order valence-corrected chi connectivity index (χ2v) is 11.2. The van der Waals surface area contributed by atoms with Crippen molar-refractivity contribution in [1.29, 1.82) is 0 Å². The van der Waals surface area contributed by atoms with Crippen molar-refractivity contribution in [3.8, 4) is 0 Å². The fourth-order valence-corrected chi connectivity index (χ4v) is 6.70. The fourth-order valence-electron chi connectivity index (χ4n) is 6.70. The molecular weight excluding hydrogens is 490 g/mol. The average Bonchev–Trinajstić information content (AvgIpc) is 2.99. The Morgan fingerprint density at radius 2 is 1.50 bits per heavy atom. The molecule has 5 aromatic carbocycles.